The number of nitrogens with one attached hydrogen (secondary N) is 1. The maximum absolute atomic E-state index is 13.0. The van der Waals surface area contributed by atoms with Gasteiger partial charge in [-0.05, 0) is 36.3 Å². The first-order valence-corrected chi connectivity index (χ1v) is 11.0. The van der Waals surface area contributed by atoms with Crippen LogP contribution in [0.4, 0.5) is 11.4 Å². The van der Waals surface area contributed by atoms with Gasteiger partial charge in [-0.1, -0.05) is 79.4 Å². The molecule has 4 nitrogen and oxygen atoms in total. The minimum atomic E-state index is -0.246. The topological polar surface area (TPSA) is 68.0 Å². The Balaban J connectivity index is 1.92. The van der Waals surface area contributed by atoms with Crippen LogP contribution in [0.5, 0.6) is 0 Å². The minimum absolute atomic E-state index is 0.246. The number of benzene rings is 2. The third kappa shape index (κ3) is 4.24. The number of allylic oxidation sites excluding steroid dienone is 5. The van der Waals surface area contributed by atoms with Crippen LogP contribution < -0.4 is 11.1 Å². The van der Waals surface area contributed by atoms with Crippen molar-refractivity contribution in [2.24, 2.45) is 0 Å². The second kappa shape index (κ2) is 9.45. The van der Waals surface area contributed by atoms with Crippen LogP contribution in [-0.2, 0) is 0 Å². The summed E-state index contributed by atoms with van der Waals surface area (Å²) in [5.74, 6) is -0.246. The predicted molar refractivity (Wildman–Crippen MR) is 137 cm³/mol. The van der Waals surface area contributed by atoms with E-state index in [-0.39, 0.29) is 5.91 Å². The lowest BCUT2D eigenvalue weighted by Gasteiger charge is -2.09. The van der Waals surface area contributed by atoms with Gasteiger partial charge in [-0.2, -0.15) is 0 Å². The molecule has 0 saturated carbocycles. The highest BCUT2D eigenvalue weighted by atomic mass is 32.1. The summed E-state index contributed by atoms with van der Waals surface area (Å²) in [5, 5.41) is 3.70. The van der Waals surface area contributed by atoms with Crippen molar-refractivity contribution in [3.63, 3.8) is 0 Å². The minimum Gasteiger partial charge on any atom is -0.397 e. The maximum atomic E-state index is 13.0. The van der Waals surface area contributed by atoms with Crippen molar-refractivity contribution in [2.75, 3.05) is 11.1 Å². The first-order valence-electron chi connectivity index (χ1n) is 10.2. The molecular formula is C27H23N3OS. The average Bonchev–Trinajstić information content (AvgIpc) is 3.16. The number of nitrogens with zero attached hydrogens (tertiary/aromatic N) is 1. The number of nitrogen functional groups attached to an aromatic ring is 1. The fourth-order valence-corrected chi connectivity index (χ4v) is 4.54. The van der Waals surface area contributed by atoms with Crippen LogP contribution in [0.1, 0.15) is 22.2 Å². The smallest absolute Gasteiger partial charge is 0.267 e. The van der Waals surface area contributed by atoms with Gasteiger partial charge in [0, 0.05) is 16.6 Å². The van der Waals surface area contributed by atoms with E-state index in [0.717, 1.165) is 32.6 Å². The van der Waals surface area contributed by atoms with Gasteiger partial charge in [0.1, 0.15) is 9.71 Å². The molecule has 0 atom stereocenters. The fourth-order valence-electron chi connectivity index (χ4n) is 3.53. The summed E-state index contributed by atoms with van der Waals surface area (Å²) in [7, 11) is 0. The molecule has 3 N–H and O–H groups in total. The summed E-state index contributed by atoms with van der Waals surface area (Å²) in [4.78, 5) is 19.1. The van der Waals surface area contributed by atoms with E-state index in [2.05, 4.69) is 11.9 Å². The Morgan fingerprint density at radius 1 is 1.09 bits per heavy atom. The average molecular weight is 438 g/mol. The van der Waals surface area contributed by atoms with Crippen molar-refractivity contribution in [3.05, 3.63) is 108 Å². The highest BCUT2D eigenvalue weighted by Crippen LogP contribution is 2.40. The predicted octanol–water partition coefficient (Wildman–Crippen LogP) is 6.94. The number of aromatic nitrogens is 1. The summed E-state index contributed by atoms with van der Waals surface area (Å²) < 4.78 is 0. The molecule has 5 heteroatoms. The molecule has 2 aromatic heterocycles. The van der Waals surface area contributed by atoms with E-state index in [1.165, 1.54) is 11.3 Å². The summed E-state index contributed by atoms with van der Waals surface area (Å²) in [5.41, 5.74) is 11.4. The van der Waals surface area contributed by atoms with Crippen molar-refractivity contribution in [1.29, 1.82) is 0 Å². The van der Waals surface area contributed by atoms with Crippen molar-refractivity contribution in [3.8, 4) is 11.3 Å². The van der Waals surface area contributed by atoms with E-state index >= 15 is 0 Å². The molecule has 0 radical (unpaired) electrons. The zero-order valence-electron chi connectivity index (χ0n) is 17.7. The standard InChI is InChI=1S/C27H23N3OS/c1-3-11-18(12-4-2)21-17-22(19-13-7-5-8-14-19)30-27-23(21)24(28)25(32-27)26(31)29-20-15-9-6-10-16-20/h3-17H,1,28H2,2H3,(H,29,31)/b12-4-,18-11+. The molecule has 0 aliphatic heterocycles. The SMILES string of the molecule is C=C/C=C(\C=C/C)c1cc(-c2ccccc2)nc2sc(C(=O)Nc3ccccc3)c(N)c12. The Labute approximate surface area is 191 Å². The molecule has 158 valence electrons. The van der Waals surface area contributed by atoms with Gasteiger partial charge in [-0.15, -0.1) is 11.3 Å². The van der Waals surface area contributed by atoms with Crippen molar-refractivity contribution >= 4 is 44.4 Å². The summed E-state index contributed by atoms with van der Waals surface area (Å²) in [6.07, 6.45) is 7.65. The number of carbonyl (C=O) groups is 1. The Bertz CT molecular complexity index is 1340. The van der Waals surface area contributed by atoms with Gasteiger partial charge in [-0.3, -0.25) is 4.79 Å². The van der Waals surface area contributed by atoms with Gasteiger partial charge in [0.05, 0.1) is 11.4 Å². The molecule has 0 saturated heterocycles. The monoisotopic (exact) mass is 437 g/mol. The highest BCUT2D eigenvalue weighted by molar-refractivity contribution is 7.21. The number of rotatable bonds is 6. The van der Waals surface area contributed by atoms with Crippen LogP contribution in [0.25, 0.3) is 27.0 Å². The van der Waals surface area contributed by atoms with Crippen molar-refractivity contribution in [1.82, 2.24) is 4.98 Å². The van der Waals surface area contributed by atoms with Gasteiger partial charge >= 0.3 is 0 Å². The van der Waals surface area contributed by atoms with Crippen molar-refractivity contribution < 1.29 is 4.79 Å². The lowest BCUT2D eigenvalue weighted by Crippen LogP contribution is -2.11. The van der Waals surface area contributed by atoms with Gasteiger partial charge in [0.2, 0.25) is 0 Å². The van der Waals surface area contributed by atoms with Gasteiger partial charge < -0.3 is 11.1 Å². The zero-order chi connectivity index (χ0) is 22.5. The first kappa shape index (κ1) is 21.3. The lowest BCUT2D eigenvalue weighted by molar-refractivity contribution is 0.103. The summed E-state index contributed by atoms with van der Waals surface area (Å²) in [6, 6.07) is 21.3. The summed E-state index contributed by atoms with van der Waals surface area (Å²) >= 11 is 1.30. The van der Waals surface area contributed by atoms with Crippen LogP contribution in [0.2, 0.25) is 0 Å². The molecule has 4 rings (SSSR count). The number of para-hydroxylation sites is 1. The number of fused-ring (bicyclic) bond motifs is 1. The van der Waals surface area contributed by atoms with Gasteiger partial charge in [-0.25, -0.2) is 4.98 Å². The Morgan fingerprint density at radius 2 is 1.78 bits per heavy atom. The molecule has 2 heterocycles. The summed E-state index contributed by atoms with van der Waals surface area (Å²) in [6.45, 7) is 5.81. The number of thiophene rings is 1. The molecule has 0 aliphatic carbocycles. The third-order valence-corrected chi connectivity index (χ3v) is 6.06. The molecular weight excluding hydrogens is 414 g/mol. The van der Waals surface area contributed by atoms with E-state index in [9.17, 15) is 4.79 Å². The lowest BCUT2D eigenvalue weighted by atomic mass is 9.98. The molecule has 0 spiro atoms. The second-order valence-corrected chi connectivity index (χ2v) is 8.12. The number of amides is 1. The molecule has 1 amide bonds. The van der Waals surface area contributed by atoms with Crippen LogP contribution in [0.15, 0.2) is 97.6 Å². The van der Waals surface area contributed by atoms with Crippen molar-refractivity contribution in [2.45, 2.75) is 6.92 Å². The van der Waals surface area contributed by atoms with Gasteiger partial charge in [0.25, 0.3) is 5.91 Å². The number of hydrogen-bond donors (Lipinski definition) is 2. The molecule has 0 unspecified atom stereocenters. The Morgan fingerprint density at radius 3 is 2.44 bits per heavy atom. The van der Waals surface area contributed by atoms with Crippen LogP contribution in [0, 0.1) is 0 Å². The van der Waals surface area contributed by atoms with Gasteiger partial charge in [0.15, 0.2) is 0 Å². The number of hydrogen-bond acceptors (Lipinski definition) is 4. The molecule has 0 fully saturated rings. The number of carbonyl (C=O) groups excluding carboxylic acids is 1. The highest BCUT2D eigenvalue weighted by Gasteiger charge is 2.22. The van der Waals surface area contributed by atoms with E-state index in [1.807, 2.05) is 91.9 Å². The van der Waals surface area contributed by atoms with Crippen LogP contribution in [0.3, 0.4) is 0 Å². The third-order valence-electron chi connectivity index (χ3n) is 4.96. The molecule has 2 aromatic carbocycles. The molecule has 0 aliphatic rings. The van der Waals surface area contributed by atoms with Crippen LogP contribution in [-0.4, -0.2) is 10.9 Å². The normalized spacial score (nSPS) is 11.7. The van der Waals surface area contributed by atoms with E-state index < -0.39 is 0 Å². The number of anilines is 2. The Hall–Kier alpha value is -3.96. The number of nitrogens with two attached hydrogens (primary N) is 1. The fraction of sp³-hybridized carbons (Fsp3) is 0.0370. The first-order chi connectivity index (χ1) is 15.6. The van der Waals surface area contributed by atoms with E-state index in [1.54, 1.807) is 6.08 Å². The zero-order valence-corrected chi connectivity index (χ0v) is 18.5. The molecule has 32 heavy (non-hydrogen) atoms. The molecule has 4 aromatic rings. The quantitative estimate of drug-likeness (QED) is 0.321. The second-order valence-electron chi connectivity index (χ2n) is 7.12. The molecule has 0 bridgehead atoms. The van der Waals surface area contributed by atoms with Crippen LogP contribution >= 0.6 is 11.3 Å². The number of pyridine rings is 1. The van der Waals surface area contributed by atoms with E-state index in [0.29, 0.717) is 16.3 Å². The maximum Gasteiger partial charge on any atom is 0.267 e. The largest absolute Gasteiger partial charge is 0.397 e. The van der Waals surface area contributed by atoms with E-state index in [4.69, 9.17) is 10.7 Å². The Kier molecular flexibility index (Phi) is 6.29.